The molecule has 5 heteroatoms. The Morgan fingerprint density at radius 1 is 1.28 bits per heavy atom. The van der Waals surface area contributed by atoms with Crippen molar-refractivity contribution in [2.24, 2.45) is 5.92 Å². The fourth-order valence-electron chi connectivity index (χ4n) is 3.00. The van der Waals surface area contributed by atoms with Crippen LogP contribution in [0.25, 0.3) is 0 Å². The number of thioether (sulfide) groups is 1. The number of hydrogen-bond acceptors (Lipinski definition) is 3. The number of halogens is 1. The van der Waals surface area contributed by atoms with Crippen LogP contribution in [0.1, 0.15) is 41.5 Å². The van der Waals surface area contributed by atoms with E-state index in [-0.39, 0.29) is 5.91 Å². The molecule has 25 heavy (non-hydrogen) atoms. The SMILES string of the molecule is Cc1cc(Cl)cc(SCc2cccc(C(=O)N3CCC(C)CC3)n2)c1. The second-order valence-electron chi connectivity index (χ2n) is 6.74. The van der Waals surface area contributed by atoms with E-state index >= 15 is 0 Å². The molecule has 1 aromatic carbocycles. The fraction of sp³-hybridized carbons (Fsp3) is 0.400. The second-order valence-corrected chi connectivity index (χ2v) is 8.23. The standard InChI is InChI=1S/C20H23ClN2OS/c1-14-6-8-23(9-7-14)20(24)19-5-3-4-17(22-19)13-25-18-11-15(2)10-16(21)12-18/h3-5,10-12,14H,6-9,13H2,1-2H3. The predicted molar refractivity (Wildman–Crippen MR) is 104 cm³/mol. The Bertz CT molecular complexity index is 737. The molecular weight excluding hydrogens is 352 g/mol. The van der Waals surface area contributed by atoms with Crippen molar-refractivity contribution in [1.82, 2.24) is 9.88 Å². The van der Waals surface area contributed by atoms with Crippen LogP contribution in [-0.4, -0.2) is 28.9 Å². The van der Waals surface area contributed by atoms with Crippen molar-refractivity contribution in [1.29, 1.82) is 0 Å². The van der Waals surface area contributed by atoms with E-state index in [9.17, 15) is 4.79 Å². The molecule has 0 radical (unpaired) electrons. The first kappa shape index (κ1) is 18.3. The highest BCUT2D eigenvalue weighted by Gasteiger charge is 2.22. The van der Waals surface area contributed by atoms with Gasteiger partial charge in [0, 0.05) is 28.8 Å². The van der Waals surface area contributed by atoms with Crippen LogP contribution >= 0.6 is 23.4 Å². The van der Waals surface area contributed by atoms with E-state index in [4.69, 9.17) is 11.6 Å². The van der Waals surface area contributed by atoms with Crippen LogP contribution in [0, 0.1) is 12.8 Å². The summed E-state index contributed by atoms with van der Waals surface area (Å²) in [7, 11) is 0. The molecule has 1 aliphatic rings. The number of aryl methyl sites for hydroxylation is 1. The molecule has 3 rings (SSSR count). The number of benzene rings is 1. The third-order valence-electron chi connectivity index (χ3n) is 4.50. The van der Waals surface area contributed by atoms with E-state index in [1.54, 1.807) is 11.8 Å². The van der Waals surface area contributed by atoms with E-state index in [1.165, 1.54) is 0 Å². The zero-order valence-electron chi connectivity index (χ0n) is 14.7. The number of rotatable bonds is 4. The summed E-state index contributed by atoms with van der Waals surface area (Å²) >= 11 is 7.80. The molecule has 1 aromatic heterocycles. The highest BCUT2D eigenvalue weighted by atomic mass is 35.5. The minimum absolute atomic E-state index is 0.0531. The number of aromatic nitrogens is 1. The second kappa shape index (κ2) is 8.24. The first-order chi connectivity index (χ1) is 12.0. The molecule has 0 spiro atoms. The summed E-state index contributed by atoms with van der Waals surface area (Å²) in [5.41, 5.74) is 2.61. The molecular formula is C20H23ClN2OS. The van der Waals surface area contributed by atoms with E-state index in [2.05, 4.69) is 18.0 Å². The average molecular weight is 375 g/mol. The van der Waals surface area contributed by atoms with Gasteiger partial charge in [-0.25, -0.2) is 4.98 Å². The van der Waals surface area contributed by atoms with Gasteiger partial charge in [0.05, 0.1) is 5.69 Å². The van der Waals surface area contributed by atoms with Crippen molar-refractivity contribution in [3.63, 3.8) is 0 Å². The largest absolute Gasteiger partial charge is 0.337 e. The van der Waals surface area contributed by atoms with Crippen LogP contribution < -0.4 is 0 Å². The lowest BCUT2D eigenvalue weighted by Crippen LogP contribution is -2.38. The number of carbonyl (C=O) groups is 1. The minimum atomic E-state index is 0.0531. The quantitative estimate of drug-likeness (QED) is 0.689. The molecule has 0 saturated carbocycles. The fourth-order valence-corrected chi connectivity index (χ4v) is 4.31. The van der Waals surface area contributed by atoms with Crippen LogP contribution in [0.15, 0.2) is 41.3 Å². The number of amides is 1. The summed E-state index contributed by atoms with van der Waals surface area (Å²) in [6, 6.07) is 11.7. The van der Waals surface area contributed by atoms with Gasteiger partial charge in [-0.05, 0) is 61.6 Å². The summed E-state index contributed by atoms with van der Waals surface area (Å²) in [4.78, 5) is 20.3. The maximum absolute atomic E-state index is 12.7. The van der Waals surface area contributed by atoms with Gasteiger partial charge in [0.1, 0.15) is 5.69 Å². The van der Waals surface area contributed by atoms with E-state index in [1.807, 2.05) is 42.2 Å². The van der Waals surface area contributed by atoms with Gasteiger partial charge in [0.2, 0.25) is 0 Å². The molecule has 0 unspecified atom stereocenters. The van der Waals surface area contributed by atoms with Gasteiger partial charge in [-0.2, -0.15) is 0 Å². The van der Waals surface area contributed by atoms with Crippen molar-refractivity contribution in [2.45, 2.75) is 37.3 Å². The molecule has 132 valence electrons. The predicted octanol–water partition coefficient (Wildman–Crippen LogP) is 5.21. The van der Waals surface area contributed by atoms with Crippen molar-refractivity contribution < 1.29 is 4.79 Å². The topological polar surface area (TPSA) is 33.2 Å². The normalized spacial score (nSPS) is 15.4. The Morgan fingerprint density at radius 2 is 2.04 bits per heavy atom. The lowest BCUT2D eigenvalue weighted by atomic mass is 9.99. The number of pyridine rings is 1. The lowest BCUT2D eigenvalue weighted by molar-refractivity contribution is 0.0691. The van der Waals surface area contributed by atoms with Gasteiger partial charge >= 0.3 is 0 Å². The molecule has 1 fully saturated rings. The zero-order chi connectivity index (χ0) is 17.8. The van der Waals surface area contributed by atoms with Crippen molar-refractivity contribution >= 4 is 29.3 Å². The Labute approximate surface area is 158 Å². The van der Waals surface area contributed by atoms with E-state index in [0.717, 1.165) is 52.9 Å². The highest BCUT2D eigenvalue weighted by Crippen LogP contribution is 2.26. The van der Waals surface area contributed by atoms with Crippen LogP contribution in [-0.2, 0) is 5.75 Å². The summed E-state index contributed by atoms with van der Waals surface area (Å²) in [5.74, 6) is 1.48. The first-order valence-electron chi connectivity index (χ1n) is 8.66. The summed E-state index contributed by atoms with van der Waals surface area (Å²) in [5, 5.41) is 0.749. The maximum atomic E-state index is 12.7. The van der Waals surface area contributed by atoms with E-state index in [0.29, 0.717) is 11.6 Å². The molecule has 2 aromatic rings. The lowest BCUT2D eigenvalue weighted by Gasteiger charge is -2.30. The van der Waals surface area contributed by atoms with Crippen molar-refractivity contribution in [3.8, 4) is 0 Å². The molecule has 0 aliphatic carbocycles. The van der Waals surface area contributed by atoms with Crippen LogP contribution in [0.3, 0.4) is 0 Å². The van der Waals surface area contributed by atoms with Gasteiger partial charge in [0.15, 0.2) is 0 Å². The number of likely N-dealkylation sites (tertiary alicyclic amines) is 1. The molecule has 2 heterocycles. The van der Waals surface area contributed by atoms with Gasteiger partial charge in [-0.15, -0.1) is 11.8 Å². The van der Waals surface area contributed by atoms with Gasteiger partial charge < -0.3 is 4.90 Å². The zero-order valence-corrected chi connectivity index (χ0v) is 16.2. The number of hydrogen-bond donors (Lipinski definition) is 0. The number of piperidine rings is 1. The molecule has 0 atom stereocenters. The van der Waals surface area contributed by atoms with Crippen LogP contribution in [0.2, 0.25) is 5.02 Å². The van der Waals surface area contributed by atoms with Gasteiger partial charge in [0.25, 0.3) is 5.91 Å². The Kier molecular flexibility index (Phi) is 6.02. The Balaban J connectivity index is 1.65. The van der Waals surface area contributed by atoms with Gasteiger partial charge in [-0.1, -0.05) is 24.6 Å². The third-order valence-corrected chi connectivity index (χ3v) is 5.73. The summed E-state index contributed by atoms with van der Waals surface area (Å²) in [6.45, 7) is 5.95. The third kappa shape index (κ3) is 4.99. The summed E-state index contributed by atoms with van der Waals surface area (Å²) < 4.78 is 0. The highest BCUT2D eigenvalue weighted by molar-refractivity contribution is 7.98. The number of carbonyl (C=O) groups excluding carboxylic acids is 1. The smallest absolute Gasteiger partial charge is 0.272 e. The average Bonchev–Trinajstić information content (AvgIpc) is 2.59. The number of nitrogens with zero attached hydrogens (tertiary/aromatic N) is 2. The summed E-state index contributed by atoms with van der Waals surface area (Å²) in [6.07, 6.45) is 2.16. The van der Waals surface area contributed by atoms with Gasteiger partial charge in [-0.3, -0.25) is 4.79 Å². The van der Waals surface area contributed by atoms with E-state index < -0.39 is 0 Å². The molecule has 1 aliphatic heterocycles. The Hall–Kier alpha value is -1.52. The molecule has 1 saturated heterocycles. The molecule has 3 nitrogen and oxygen atoms in total. The molecule has 0 N–H and O–H groups in total. The molecule has 1 amide bonds. The van der Waals surface area contributed by atoms with Crippen LogP contribution in [0.5, 0.6) is 0 Å². The maximum Gasteiger partial charge on any atom is 0.272 e. The van der Waals surface area contributed by atoms with Crippen LogP contribution in [0.4, 0.5) is 0 Å². The molecule has 0 bridgehead atoms. The van der Waals surface area contributed by atoms with Crippen molar-refractivity contribution in [3.05, 3.63) is 58.4 Å². The monoisotopic (exact) mass is 374 g/mol. The van der Waals surface area contributed by atoms with Crippen molar-refractivity contribution in [2.75, 3.05) is 13.1 Å². The minimum Gasteiger partial charge on any atom is -0.337 e. The Morgan fingerprint density at radius 3 is 2.76 bits per heavy atom. The first-order valence-corrected chi connectivity index (χ1v) is 10.0.